The molecule has 1 aliphatic carbocycles. The minimum Gasteiger partial charge on any atom is -0.445 e. The molecule has 0 aromatic heterocycles. The Morgan fingerprint density at radius 3 is 2.18 bits per heavy atom. The minimum atomic E-state index is -2.35. The lowest BCUT2D eigenvalue weighted by atomic mass is 9.84. The number of fused-ring (bicyclic) bond motifs is 1. The fraction of sp³-hybridized carbons (Fsp3) is 0.529. The Hall–Kier alpha value is -3.18. The number of alkyl carbamates (subject to hydrolysis) is 1. The molecule has 2 aliphatic rings. The summed E-state index contributed by atoms with van der Waals surface area (Å²) in [7, 11) is -2.35. The SMILES string of the molecule is CC(C)(C)OC(=O)Nc1ccccc1C1=C[C@@H](NC(=O)OCc2ccccc2)[C@@H](O[Si](C)(C)C(C)(C)C)[C@@H]2OC(C)(C)O[C@H]12. The summed E-state index contributed by atoms with van der Waals surface area (Å²) >= 11 is 0. The Balaban J connectivity index is 1.74. The summed E-state index contributed by atoms with van der Waals surface area (Å²) in [4.78, 5) is 26.0. The molecule has 2 N–H and O–H groups in total. The Labute approximate surface area is 262 Å². The summed E-state index contributed by atoms with van der Waals surface area (Å²) in [6, 6.07) is 16.4. The molecule has 9 nitrogen and oxygen atoms in total. The molecular formula is C34H48N2O7Si. The highest BCUT2D eigenvalue weighted by Crippen LogP contribution is 2.46. The van der Waals surface area contributed by atoms with E-state index in [0.717, 1.165) is 16.7 Å². The molecule has 4 rings (SSSR count). The van der Waals surface area contributed by atoms with E-state index in [1.54, 1.807) is 0 Å². The highest BCUT2D eigenvalue weighted by molar-refractivity contribution is 6.74. The number of anilines is 1. The van der Waals surface area contributed by atoms with Gasteiger partial charge in [0.15, 0.2) is 14.1 Å². The van der Waals surface area contributed by atoms with Gasteiger partial charge in [-0.25, -0.2) is 9.59 Å². The van der Waals surface area contributed by atoms with Gasteiger partial charge >= 0.3 is 12.2 Å². The van der Waals surface area contributed by atoms with E-state index < -0.39 is 56.2 Å². The second-order valence-corrected chi connectivity index (χ2v) is 19.1. The monoisotopic (exact) mass is 624 g/mol. The molecule has 0 bridgehead atoms. The lowest BCUT2D eigenvalue weighted by Crippen LogP contribution is -2.59. The predicted octanol–water partition coefficient (Wildman–Crippen LogP) is 7.64. The average molecular weight is 625 g/mol. The summed E-state index contributed by atoms with van der Waals surface area (Å²) in [6.07, 6.45) is -0.826. The lowest BCUT2D eigenvalue weighted by Gasteiger charge is -2.45. The summed E-state index contributed by atoms with van der Waals surface area (Å²) in [5.74, 6) is -0.917. The van der Waals surface area contributed by atoms with Gasteiger partial charge < -0.3 is 28.7 Å². The molecule has 44 heavy (non-hydrogen) atoms. The molecule has 0 saturated carbocycles. The van der Waals surface area contributed by atoms with E-state index in [0.29, 0.717) is 5.69 Å². The zero-order chi connectivity index (χ0) is 32.5. The molecule has 2 aromatic carbocycles. The van der Waals surface area contributed by atoms with Crippen LogP contribution in [0.15, 0.2) is 60.7 Å². The molecule has 1 saturated heterocycles. The first-order valence-corrected chi connectivity index (χ1v) is 18.1. The number of nitrogens with one attached hydrogen (secondary N) is 2. The van der Waals surface area contributed by atoms with Crippen molar-refractivity contribution in [3.8, 4) is 0 Å². The van der Waals surface area contributed by atoms with Crippen molar-refractivity contribution in [1.82, 2.24) is 5.32 Å². The highest BCUT2D eigenvalue weighted by Gasteiger charge is 2.55. The molecular weight excluding hydrogens is 576 g/mol. The Bertz CT molecular complexity index is 1360. The summed E-state index contributed by atoms with van der Waals surface area (Å²) in [6.45, 7) is 20.2. The van der Waals surface area contributed by atoms with Gasteiger partial charge in [0.1, 0.15) is 24.4 Å². The first-order valence-electron chi connectivity index (χ1n) is 15.2. The van der Waals surface area contributed by atoms with Crippen molar-refractivity contribution >= 4 is 31.8 Å². The number of hydrogen-bond donors (Lipinski definition) is 2. The molecule has 2 amide bonds. The third-order valence-electron chi connectivity index (χ3n) is 8.08. The second kappa shape index (κ2) is 12.7. The van der Waals surface area contributed by atoms with E-state index in [-0.39, 0.29) is 11.6 Å². The third kappa shape index (κ3) is 8.29. The van der Waals surface area contributed by atoms with E-state index in [2.05, 4.69) is 44.5 Å². The van der Waals surface area contributed by atoms with Crippen LogP contribution in [-0.2, 0) is 30.0 Å². The van der Waals surface area contributed by atoms with Crippen LogP contribution >= 0.6 is 0 Å². The van der Waals surface area contributed by atoms with Crippen LogP contribution in [-0.4, -0.2) is 56.2 Å². The van der Waals surface area contributed by atoms with Crippen molar-refractivity contribution in [2.75, 3.05) is 5.32 Å². The van der Waals surface area contributed by atoms with E-state index in [4.69, 9.17) is 23.4 Å². The Kier molecular flexibility index (Phi) is 9.70. The third-order valence-corrected chi connectivity index (χ3v) is 12.6. The number of hydrogen-bond acceptors (Lipinski definition) is 7. The number of amides is 2. The van der Waals surface area contributed by atoms with Gasteiger partial charge in [0.25, 0.3) is 0 Å². The average Bonchev–Trinajstić information content (AvgIpc) is 3.23. The summed E-state index contributed by atoms with van der Waals surface area (Å²) in [5.41, 5.74) is 2.26. The van der Waals surface area contributed by atoms with Crippen LogP contribution in [0.1, 0.15) is 66.5 Å². The van der Waals surface area contributed by atoms with Gasteiger partial charge in [-0.05, 0) is 70.0 Å². The molecule has 10 heteroatoms. The maximum Gasteiger partial charge on any atom is 0.412 e. The molecule has 1 aliphatic heterocycles. The zero-order valence-corrected chi connectivity index (χ0v) is 28.6. The molecule has 0 spiro atoms. The topological polar surface area (TPSA) is 104 Å². The van der Waals surface area contributed by atoms with Crippen molar-refractivity contribution in [2.24, 2.45) is 0 Å². The molecule has 2 aromatic rings. The van der Waals surface area contributed by atoms with Gasteiger partial charge in [-0.3, -0.25) is 5.32 Å². The van der Waals surface area contributed by atoms with Crippen LogP contribution in [0.2, 0.25) is 18.1 Å². The van der Waals surface area contributed by atoms with Crippen LogP contribution in [0.4, 0.5) is 15.3 Å². The van der Waals surface area contributed by atoms with Crippen LogP contribution in [0.5, 0.6) is 0 Å². The van der Waals surface area contributed by atoms with Gasteiger partial charge in [-0.15, -0.1) is 0 Å². The summed E-state index contributed by atoms with van der Waals surface area (Å²) < 4.78 is 31.2. The number of benzene rings is 2. The fourth-order valence-electron chi connectivity index (χ4n) is 5.04. The molecule has 1 heterocycles. The first-order chi connectivity index (χ1) is 20.4. The molecule has 4 atom stereocenters. The Morgan fingerprint density at radius 1 is 0.909 bits per heavy atom. The normalized spacial score (nSPS) is 23.3. The van der Waals surface area contributed by atoms with Crippen LogP contribution in [0.25, 0.3) is 5.57 Å². The minimum absolute atomic E-state index is 0.0935. The van der Waals surface area contributed by atoms with Crippen molar-refractivity contribution in [3.05, 3.63) is 71.8 Å². The van der Waals surface area contributed by atoms with E-state index in [9.17, 15) is 9.59 Å². The summed E-state index contributed by atoms with van der Waals surface area (Å²) in [5, 5.41) is 5.86. The van der Waals surface area contributed by atoms with Crippen molar-refractivity contribution < 1.29 is 33.0 Å². The highest BCUT2D eigenvalue weighted by atomic mass is 28.4. The van der Waals surface area contributed by atoms with Crippen molar-refractivity contribution in [3.63, 3.8) is 0 Å². The van der Waals surface area contributed by atoms with Crippen LogP contribution in [0.3, 0.4) is 0 Å². The lowest BCUT2D eigenvalue weighted by molar-refractivity contribution is -0.152. The zero-order valence-electron chi connectivity index (χ0n) is 27.6. The van der Waals surface area contributed by atoms with E-state index in [1.165, 1.54) is 0 Å². The molecule has 0 unspecified atom stereocenters. The molecule has 240 valence electrons. The number of carbonyl (C=O) groups excluding carboxylic acids is 2. The van der Waals surface area contributed by atoms with Crippen molar-refractivity contribution in [1.29, 1.82) is 0 Å². The van der Waals surface area contributed by atoms with Gasteiger partial charge in [-0.1, -0.05) is 75.4 Å². The van der Waals surface area contributed by atoms with E-state index >= 15 is 0 Å². The second-order valence-electron chi connectivity index (χ2n) is 14.4. The van der Waals surface area contributed by atoms with Gasteiger partial charge in [-0.2, -0.15) is 0 Å². The van der Waals surface area contributed by atoms with Crippen molar-refractivity contribution in [2.45, 2.75) is 116 Å². The van der Waals surface area contributed by atoms with Crippen LogP contribution < -0.4 is 10.6 Å². The predicted molar refractivity (Wildman–Crippen MR) is 174 cm³/mol. The van der Waals surface area contributed by atoms with E-state index in [1.807, 2.05) is 95.3 Å². The van der Waals surface area contributed by atoms with Crippen LogP contribution in [0, 0.1) is 0 Å². The fourth-order valence-corrected chi connectivity index (χ4v) is 6.35. The Morgan fingerprint density at radius 2 is 1.55 bits per heavy atom. The molecule has 0 radical (unpaired) electrons. The molecule has 1 fully saturated rings. The first kappa shape index (κ1) is 33.7. The number of rotatable bonds is 7. The van der Waals surface area contributed by atoms with Gasteiger partial charge in [0, 0.05) is 5.56 Å². The number of ether oxygens (including phenoxy) is 4. The quantitative estimate of drug-likeness (QED) is 0.305. The van der Waals surface area contributed by atoms with Gasteiger partial charge in [0.2, 0.25) is 0 Å². The standard InChI is InChI=1S/C34H48N2O7Si/c1-32(2,3)42-31(38)35-25-19-15-14-18-23(25)24-20-26(36-30(37)39-21-22-16-12-11-13-17-22)28(43-44(9,10)33(4,5)6)29-27(24)40-34(7,8)41-29/h11-20,26-29H,21H2,1-10H3,(H,35,38)(H,36,37)/t26-,27-,28-,29-/m1/s1. The maximum absolute atomic E-state index is 13.2. The number of carbonyl (C=O) groups is 2. The largest absolute Gasteiger partial charge is 0.445 e. The van der Waals surface area contributed by atoms with Gasteiger partial charge in [0.05, 0.1) is 17.8 Å². The smallest absolute Gasteiger partial charge is 0.412 e. The maximum atomic E-state index is 13.2. The number of para-hydroxylation sites is 1.